The summed E-state index contributed by atoms with van der Waals surface area (Å²) >= 11 is 6.18. The van der Waals surface area contributed by atoms with E-state index in [0.29, 0.717) is 43.1 Å². The molecule has 0 atom stereocenters. The molecule has 0 aliphatic carbocycles. The normalized spacial score (nSPS) is 14.3. The van der Waals surface area contributed by atoms with Gasteiger partial charge in [-0.25, -0.2) is 9.97 Å². The van der Waals surface area contributed by atoms with Crippen LogP contribution in [0.3, 0.4) is 0 Å². The van der Waals surface area contributed by atoms with Crippen LogP contribution in [0.5, 0.6) is 11.5 Å². The number of benzene rings is 1. The lowest BCUT2D eigenvalue weighted by atomic mass is 9.97. The van der Waals surface area contributed by atoms with Crippen molar-refractivity contribution in [2.24, 2.45) is 5.92 Å². The lowest BCUT2D eigenvalue weighted by Crippen LogP contribution is -2.37. The van der Waals surface area contributed by atoms with Gasteiger partial charge in [0.05, 0.1) is 35.8 Å². The van der Waals surface area contributed by atoms with Crippen molar-refractivity contribution in [2.45, 2.75) is 12.8 Å². The van der Waals surface area contributed by atoms with Gasteiger partial charge in [0.2, 0.25) is 11.6 Å². The number of nitrogens with one attached hydrogen (secondary N) is 1. The van der Waals surface area contributed by atoms with Gasteiger partial charge in [-0.2, -0.15) is 0 Å². The molecule has 0 saturated carbocycles. The van der Waals surface area contributed by atoms with Crippen molar-refractivity contribution >= 4 is 40.6 Å². The van der Waals surface area contributed by atoms with E-state index >= 15 is 0 Å². The zero-order valence-electron chi connectivity index (χ0n) is 16.3. The second-order valence-electron chi connectivity index (χ2n) is 6.56. The summed E-state index contributed by atoms with van der Waals surface area (Å²) in [5, 5.41) is 24.2. The molecule has 0 bridgehead atoms. The fraction of sp³-hybridized carbons (Fsp3) is 0.389. The van der Waals surface area contributed by atoms with E-state index in [0.717, 1.165) is 0 Å². The van der Waals surface area contributed by atoms with Crippen molar-refractivity contribution in [3.05, 3.63) is 33.6 Å². The van der Waals surface area contributed by atoms with Gasteiger partial charge in [0.15, 0.2) is 0 Å². The quantitative estimate of drug-likeness (QED) is 0.490. The number of aromatic nitrogens is 2. The van der Waals surface area contributed by atoms with Crippen LogP contribution in [-0.4, -0.2) is 53.3 Å². The Morgan fingerprint density at radius 3 is 2.50 bits per heavy atom. The minimum Gasteiger partial charge on any atom is -0.495 e. The number of ether oxygens (including phenoxy) is 2. The predicted octanol–water partition coefficient (Wildman–Crippen LogP) is 3.10. The molecule has 0 unspecified atom stereocenters. The van der Waals surface area contributed by atoms with Crippen LogP contribution in [-0.2, 0) is 4.79 Å². The third kappa shape index (κ3) is 4.30. The molecule has 0 amide bonds. The van der Waals surface area contributed by atoms with Crippen molar-refractivity contribution in [2.75, 3.05) is 37.5 Å². The molecule has 2 heterocycles. The molecule has 2 N–H and O–H groups in total. The van der Waals surface area contributed by atoms with Crippen LogP contribution < -0.4 is 19.7 Å². The fourth-order valence-corrected chi connectivity index (χ4v) is 3.52. The maximum absolute atomic E-state index is 11.9. The van der Waals surface area contributed by atoms with Crippen molar-refractivity contribution < 1.29 is 24.3 Å². The molecule has 12 heteroatoms. The second kappa shape index (κ2) is 8.99. The maximum Gasteiger partial charge on any atom is 0.353 e. The van der Waals surface area contributed by atoms with E-state index < -0.39 is 16.8 Å². The maximum atomic E-state index is 11.9. The van der Waals surface area contributed by atoms with Crippen molar-refractivity contribution in [3.63, 3.8) is 0 Å². The standard InChI is InChI=1S/C18H20ClN5O6/c1-29-13-8-14(30-2)12(7-11(13)19)22-16-15(24(27)28)17(21-9-20-16)23-5-3-10(4-6-23)18(25)26/h7-10H,3-6H2,1-2H3,(H,25,26)(H,20,21,22). The number of piperidine rings is 1. The molecule has 2 aromatic rings. The van der Waals surface area contributed by atoms with E-state index in [-0.39, 0.29) is 22.3 Å². The SMILES string of the molecule is COc1cc(OC)c(Nc2ncnc(N3CCC(C(=O)O)CC3)c2[N+](=O)[O-])cc1Cl. The zero-order chi connectivity index (χ0) is 21.8. The van der Waals surface area contributed by atoms with Gasteiger partial charge in [0.25, 0.3) is 0 Å². The first-order chi connectivity index (χ1) is 14.3. The van der Waals surface area contributed by atoms with Crippen LogP contribution in [0.15, 0.2) is 18.5 Å². The first-order valence-corrected chi connectivity index (χ1v) is 9.39. The molecule has 1 aromatic carbocycles. The highest BCUT2D eigenvalue weighted by Crippen LogP contribution is 2.40. The fourth-order valence-electron chi connectivity index (χ4n) is 3.28. The van der Waals surface area contributed by atoms with E-state index in [2.05, 4.69) is 15.3 Å². The number of rotatable bonds is 7. The Morgan fingerprint density at radius 1 is 1.27 bits per heavy atom. The summed E-state index contributed by atoms with van der Waals surface area (Å²) in [4.78, 5) is 32.3. The monoisotopic (exact) mass is 437 g/mol. The molecule has 0 spiro atoms. The van der Waals surface area contributed by atoms with E-state index in [1.165, 1.54) is 26.6 Å². The number of hydrogen-bond donors (Lipinski definition) is 2. The molecule has 1 fully saturated rings. The van der Waals surface area contributed by atoms with Gasteiger partial charge in [-0.15, -0.1) is 0 Å². The van der Waals surface area contributed by atoms with Gasteiger partial charge in [0, 0.05) is 19.2 Å². The molecule has 1 aliphatic heterocycles. The van der Waals surface area contributed by atoms with Gasteiger partial charge in [0.1, 0.15) is 17.8 Å². The summed E-state index contributed by atoms with van der Waals surface area (Å²) in [6.07, 6.45) is 1.97. The summed E-state index contributed by atoms with van der Waals surface area (Å²) in [6, 6.07) is 3.07. The third-order valence-electron chi connectivity index (χ3n) is 4.86. The van der Waals surface area contributed by atoms with E-state index in [9.17, 15) is 14.9 Å². The van der Waals surface area contributed by atoms with Crippen LogP contribution in [0.1, 0.15) is 12.8 Å². The van der Waals surface area contributed by atoms with E-state index in [1.54, 1.807) is 11.0 Å². The van der Waals surface area contributed by atoms with E-state index in [1.807, 2.05) is 0 Å². The Hall–Kier alpha value is -3.34. The average Bonchev–Trinajstić information content (AvgIpc) is 2.73. The average molecular weight is 438 g/mol. The molecular weight excluding hydrogens is 418 g/mol. The molecule has 1 saturated heterocycles. The first-order valence-electron chi connectivity index (χ1n) is 9.01. The van der Waals surface area contributed by atoms with Crippen molar-refractivity contribution in [1.82, 2.24) is 9.97 Å². The van der Waals surface area contributed by atoms with Crippen LogP contribution in [0.2, 0.25) is 5.02 Å². The molecule has 3 rings (SSSR count). The minimum atomic E-state index is -0.863. The number of carboxylic acid groups (broad SMARTS) is 1. The summed E-state index contributed by atoms with van der Waals surface area (Å²) in [5.41, 5.74) is 0.0425. The number of nitro groups is 1. The lowest BCUT2D eigenvalue weighted by Gasteiger charge is -2.30. The number of carboxylic acids is 1. The van der Waals surface area contributed by atoms with Crippen molar-refractivity contribution in [3.8, 4) is 11.5 Å². The Kier molecular flexibility index (Phi) is 6.40. The van der Waals surface area contributed by atoms with E-state index in [4.69, 9.17) is 26.2 Å². The first kappa shape index (κ1) is 21.4. The largest absolute Gasteiger partial charge is 0.495 e. The van der Waals surface area contributed by atoms with Gasteiger partial charge in [-0.05, 0) is 18.9 Å². The molecule has 11 nitrogen and oxygen atoms in total. The molecular formula is C18H20ClN5O6. The number of nitrogens with zero attached hydrogens (tertiary/aromatic N) is 4. The summed E-state index contributed by atoms with van der Waals surface area (Å²) in [6.45, 7) is 0.678. The Morgan fingerprint density at radius 2 is 1.93 bits per heavy atom. The Balaban J connectivity index is 1.96. The number of methoxy groups -OCH3 is 2. The number of aliphatic carboxylic acids is 1. The number of carbonyl (C=O) groups is 1. The summed E-state index contributed by atoms with van der Waals surface area (Å²) in [5.74, 6) is -0.501. The summed E-state index contributed by atoms with van der Waals surface area (Å²) in [7, 11) is 2.91. The molecule has 1 aromatic heterocycles. The van der Waals surface area contributed by atoms with Crippen LogP contribution in [0.4, 0.5) is 23.0 Å². The Labute approximate surface area is 176 Å². The zero-order valence-corrected chi connectivity index (χ0v) is 17.0. The number of halogens is 1. The van der Waals surface area contributed by atoms with Crippen LogP contribution in [0, 0.1) is 16.0 Å². The van der Waals surface area contributed by atoms with Gasteiger partial charge >= 0.3 is 11.7 Å². The van der Waals surface area contributed by atoms with Gasteiger partial charge in [-0.1, -0.05) is 11.6 Å². The Bertz CT molecular complexity index is 964. The molecule has 1 aliphatic rings. The van der Waals surface area contributed by atoms with Crippen LogP contribution in [0.25, 0.3) is 0 Å². The summed E-state index contributed by atoms with van der Waals surface area (Å²) < 4.78 is 10.5. The molecule has 30 heavy (non-hydrogen) atoms. The number of hydrogen-bond acceptors (Lipinski definition) is 9. The highest BCUT2D eigenvalue weighted by atomic mass is 35.5. The predicted molar refractivity (Wildman–Crippen MR) is 109 cm³/mol. The smallest absolute Gasteiger partial charge is 0.353 e. The molecule has 160 valence electrons. The van der Waals surface area contributed by atoms with Gasteiger partial charge in [-0.3, -0.25) is 14.9 Å². The second-order valence-corrected chi connectivity index (χ2v) is 6.97. The van der Waals surface area contributed by atoms with Crippen LogP contribution >= 0.6 is 11.6 Å². The highest BCUT2D eigenvalue weighted by molar-refractivity contribution is 6.32. The van der Waals surface area contributed by atoms with Gasteiger partial charge < -0.3 is 24.8 Å². The number of anilines is 3. The minimum absolute atomic E-state index is 0.0371. The lowest BCUT2D eigenvalue weighted by molar-refractivity contribution is -0.383. The molecule has 0 radical (unpaired) electrons. The van der Waals surface area contributed by atoms with Crippen molar-refractivity contribution in [1.29, 1.82) is 0 Å². The topological polar surface area (TPSA) is 140 Å². The highest BCUT2D eigenvalue weighted by Gasteiger charge is 2.32. The third-order valence-corrected chi connectivity index (χ3v) is 5.15.